The van der Waals surface area contributed by atoms with E-state index < -0.39 is 0 Å². The molecule has 1 amide bonds. The van der Waals surface area contributed by atoms with Gasteiger partial charge in [0.25, 0.3) is 5.91 Å². The van der Waals surface area contributed by atoms with E-state index in [1.807, 2.05) is 31.2 Å². The van der Waals surface area contributed by atoms with E-state index in [1.54, 1.807) is 0 Å². The smallest absolute Gasteiger partial charge is 0.251 e. The van der Waals surface area contributed by atoms with E-state index >= 15 is 0 Å². The number of hydrogen-bond acceptors (Lipinski definition) is 2. The lowest BCUT2D eigenvalue weighted by atomic mass is 9.95. The summed E-state index contributed by atoms with van der Waals surface area (Å²) in [6.45, 7) is 2.17. The zero-order valence-corrected chi connectivity index (χ0v) is 11.6. The lowest BCUT2D eigenvalue weighted by molar-refractivity contribution is 0.0899. The zero-order valence-electron chi connectivity index (χ0n) is 11.6. The Morgan fingerprint density at radius 3 is 2.58 bits per heavy atom. The van der Waals surface area contributed by atoms with Gasteiger partial charge in [0.1, 0.15) is 0 Å². The molecule has 0 aliphatic heterocycles. The van der Waals surface area contributed by atoms with Crippen molar-refractivity contribution in [3.63, 3.8) is 0 Å². The number of nitrogens with one attached hydrogen (secondary N) is 1. The van der Waals surface area contributed by atoms with Crippen molar-refractivity contribution in [2.75, 3.05) is 6.61 Å². The van der Waals surface area contributed by atoms with Crippen molar-refractivity contribution >= 4 is 5.91 Å². The van der Waals surface area contributed by atoms with E-state index in [4.69, 9.17) is 0 Å². The second-order valence-electron chi connectivity index (χ2n) is 5.53. The standard InChI is InChI=1S/C16H23NO2/c1-12-7-9-13(10-8-12)16(19)17-15-6-4-2-3-5-14(15)11-18/h7-10,14-15,18H,2-6,11H2,1H3,(H,17,19). The molecule has 2 rings (SSSR count). The quantitative estimate of drug-likeness (QED) is 0.822. The van der Waals surface area contributed by atoms with Crippen LogP contribution in [0.25, 0.3) is 0 Å². The molecule has 19 heavy (non-hydrogen) atoms. The van der Waals surface area contributed by atoms with E-state index in [0.29, 0.717) is 5.56 Å². The lowest BCUT2D eigenvalue weighted by Gasteiger charge is -2.24. The molecule has 1 aliphatic rings. The average Bonchev–Trinajstić information content (AvgIpc) is 2.64. The van der Waals surface area contributed by atoms with Crippen LogP contribution in [0.4, 0.5) is 0 Å². The SMILES string of the molecule is Cc1ccc(C(=O)NC2CCCCCC2CO)cc1. The molecule has 0 spiro atoms. The maximum atomic E-state index is 12.2. The van der Waals surface area contributed by atoms with Crippen LogP contribution in [0.3, 0.4) is 0 Å². The van der Waals surface area contributed by atoms with Crippen LogP contribution in [-0.2, 0) is 0 Å². The predicted octanol–water partition coefficient (Wildman–Crippen LogP) is 2.67. The first-order valence-corrected chi connectivity index (χ1v) is 7.19. The minimum absolute atomic E-state index is 0.0228. The molecule has 104 valence electrons. The number of aliphatic hydroxyl groups excluding tert-OH is 1. The number of rotatable bonds is 3. The number of aliphatic hydroxyl groups is 1. The maximum Gasteiger partial charge on any atom is 0.251 e. The molecule has 0 radical (unpaired) electrons. The van der Waals surface area contributed by atoms with Crippen LogP contribution in [-0.4, -0.2) is 23.7 Å². The molecule has 0 heterocycles. The predicted molar refractivity (Wildman–Crippen MR) is 76.1 cm³/mol. The third-order valence-corrected chi connectivity index (χ3v) is 4.02. The van der Waals surface area contributed by atoms with Gasteiger partial charge in [0.15, 0.2) is 0 Å². The molecule has 1 fully saturated rings. The first-order chi connectivity index (χ1) is 9.20. The normalized spacial score (nSPS) is 23.7. The molecule has 2 unspecified atom stereocenters. The Morgan fingerprint density at radius 2 is 1.89 bits per heavy atom. The molecule has 1 aromatic rings. The molecule has 3 nitrogen and oxygen atoms in total. The minimum atomic E-state index is -0.0228. The monoisotopic (exact) mass is 261 g/mol. The molecule has 3 heteroatoms. The van der Waals surface area contributed by atoms with Gasteiger partial charge in [-0.15, -0.1) is 0 Å². The summed E-state index contributed by atoms with van der Waals surface area (Å²) in [5, 5.41) is 12.6. The first kappa shape index (κ1) is 14.1. The molecular weight excluding hydrogens is 238 g/mol. The largest absolute Gasteiger partial charge is 0.396 e. The topological polar surface area (TPSA) is 49.3 Å². The third kappa shape index (κ3) is 3.80. The van der Waals surface area contributed by atoms with Crippen LogP contribution in [0.5, 0.6) is 0 Å². The Hall–Kier alpha value is -1.35. The van der Waals surface area contributed by atoms with E-state index in [0.717, 1.165) is 31.2 Å². The van der Waals surface area contributed by atoms with Crippen molar-refractivity contribution < 1.29 is 9.90 Å². The van der Waals surface area contributed by atoms with Gasteiger partial charge in [0, 0.05) is 24.1 Å². The number of benzene rings is 1. The van der Waals surface area contributed by atoms with E-state index in [9.17, 15) is 9.90 Å². The molecule has 0 aromatic heterocycles. The van der Waals surface area contributed by atoms with Crippen molar-refractivity contribution in [1.82, 2.24) is 5.32 Å². The summed E-state index contributed by atoms with van der Waals surface area (Å²) in [4.78, 5) is 12.2. The summed E-state index contributed by atoms with van der Waals surface area (Å²) in [6, 6.07) is 7.73. The Balaban J connectivity index is 2.01. The van der Waals surface area contributed by atoms with Gasteiger partial charge in [-0.1, -0.05) is 37.0 Å². The van der Waals surface area contributed by atoms with Crippen LogP contribution < -0.4 is 5.32 Å². The molecule has 2 N–H and O–H groups in total. The average molecular weight is 261 g/mol. The van der Waals surface area contributed by atoms with Gasteiger partial charge in [-0.2, -0.15) is 0 Å². The van der Waals surface area contributed by atoms with Crippen molar-refractivity contribution in [3.8, 4) is 0 Å². The summed E-state index contributed by atoms with van der Waals surface area (Å²) in [6.07, 6.45) is 5.48. The van der Waals surface area contributed by atoms with Crippen LogP contribution in [0.2, 0.25) is 0 Å². The van der Waals surface area contributed by atoms with Gasteiger partial charge in [-0.05, 0) is 31.9 Å². The fourth-order valence-electron chi connectivity index (χ4n) is 2.75. The van der Waals surface area contributed by atoms with Crippen molar-refractivity contribution in [2.24, 2.45) is 5.92 Å². The van der Waals surface area contributed by atoms with Crippen LogP contribution in [0, 0.1) is 12.8 Å². The molecule has 1 aromatic carbocycles. The Kier molecular flexibility index (Phi) is 4.97. The highest BCUT2D eigenvalue weighted by Crippen LogP contribution is 2.23. The summed E-state index contributed by atoms with van der Waals surface area (Å²) in [5.74, 6) is 0.183. The molecule has 0 bridgehead atoms. The van der Waals surface area contributed by atoms with Gasteiger partial charge >= 0.3 is 0 Å². The summed E-state index contributed by atoms with van der Waals surface area (Å²) in [5.41, 5.74) is 1.85. The first-order valence-electron chi connectivity index (χ1n) is 7.19. The Morgan fingerprint density at radius 1 is 1.21 bits per heavy atom. The van der Waals surface area contributed by atoms with Crippen molar-refractivity contribution in [1.29, 1.82) is 0 Å². The molecule has 0 saturated heterocycles. The highest BCUT2D eigenvalue weighted by Gasteiger charge is 2.24. The van der Waals surface area contributed by atoms with Gasteiger partial charge < -0.3 is 10.4 Å². The van der Waals surface area contributed by atoms with E-state index in [-0.39, 0.29) is 24.5 Å². The molecule has 1 aliphatic carbocycles. The van der Waals surface area contributed by atoms with Crippen LogP contribution >= 0.6 is 0 Å². The van der Waals surface area contributed by atoms with Gasteiger partial charge in [-0.3, -0.25) is 4.79 Å². The zero-order chi connectivity index (χ0) is 13.7. The molecule has 1 saturated carbocycles. The Labute approximate surface area is 115 Å². The minimum Gasteiger partial charge on any atom is -0.396 e. The summed E-state index contributed by atoms with van der Waals surface area (Å²) >= 11 is 0. The molecular formula is C16H23NO2. The van der Waals surface area contributed by atoms with Crippen LogP contribution in [0.1, 0.15) is 48.0 Å². The molecule has 2 atom stereocenters. The van der Waals surface area contributed by atoms with Gasteiger partial charge in [0.05, 0.1) is 0 Å². The third-order valence-electron chi connectivity index (χ3n) is 4.02. The van der Waals surface area contributed by atoms with Crippen molar-refractivity contribution in [2.45, 2.75) is 45.1 Å². The van der Waals surface area contributed by atoms with E-state index in [2.05, 4.69) is 5.32 Å². The van der Waals surface area contributed by atoms with Crippen molar-refractivity contribution in [3.05, 3.63) is 35.4 Å². The maximum absolute atomic E-state index is 12.2. The fourth-order valence-corrected chi connectivity index (χ4v) is 2.75. The number of carbonyl (C=O) groups is 1. The number of amides is 1. The number of carbonyl (C=O) groups excluding carboxylic acids is 1. The number of aryl methyl sites for hydroxylation is 1. The highest BCUT2D eigenvalue weighted by molar-refractivity contribution is 5.94. The Bertz CT molecular complexity index is 413. The fraction of sp³-hybridized carbons (Fsp3) is 0.562. The summed E-state index contributed by atoms with van der Waals surface area (Å²) < 4.78 is 0. The second-order valence-corrected chi connectivity index (χ2v) is 5.53. The van der Waals surface area contributed by atoms with Gasteiger partial charge in [0.2, 0.25) is 0 Å². The van der Waals surface area contributed by atoms with Crippen LogP contribution in [0.15, 0.2) is 24.3 Å². The lowest BCUT2D eigenvalue weighted by Crippen LogP contribution is -2.41. The van der Waals surface area contributed by atoms with E-state index in [1.165, 1.54) is 6.42 Å². The highest BCUT2D eigenvalue weighted by atomic mass is 16.3. The van der Waals surface area contributed by atoms with Gasteiger partial charge in [-0.25, -0.2) is 0 Å². The summed E-state index contributed by atoms with van der Waals surface area (Å²) in [7, 11) is 0. The second kappa shape index (κ2) is 6.71. The number of hydrogen-bond donors (Lipinski definition) is 2.